The number of aryl methyl sites for hydroxylation is 2. The van der Waals surface area contributed by atoms with E-state index in [2.05, 4.69) is 32.0 Å². The molecule has 0 aromatic heterocycles. The summed E-state index contributed by atoms with van der Waals surface area (Å²) >= 11 is 0. The monoisotopic (exact) mass is 255 g/mol. The number of hydrogen-bond acceptors (Lipinski definition) is 2. The summed E-state index contributed by atoms with van der Waals surface area (Å²) in [4.78, 5) is 0. The molecule has 0 heterocycles. The average Bonchev–Trinajstić information content (AvgIpc) is 2.36. The molecule has 0 fully saturated rings. The van der Waals surface area contributed by atoms with Crippen LogP contribution >= 0.6 is 0 Å². The van der Waals surface area contributed by atoms with Crippen molar-refractivity contribution in [2.75, 3.05) is 6.61 Å². The van der Waals surface area contributed by atoms with Gasteiger partial charge in [-0.15, -0.1) is 0 Å². The molecule has 0 saturated carbocycles. The van der Waals surface area contributed by atoms with Crippen LogP contribution in [-0.2, 0) is 6.42 Å². The maximum absolute atomic E-state index is 6.13. The van der Waals surface area contributed by atoms with Crippen LogP contribution in [0.3, 0.4) is 0 Å². The molecule has 1 unspecified atom stereocenters. The Hall–Kier alpha value is -1.80. The smallest absolute Gasteiger partial charge is 0.119 e. The molecule has 0 saturated heterocycles. The molecular formula is C17H21NO. The fraction of sp³-hybridized carbons (Fsp3) is 0.294. The second-order valence-electron chi connectivity index (χ2n) is 5.08. The molecule has 0 amide bonds. The predicted molar refractivity (Wildman–Crippen MR) is 79.5 cm³/mol. The van der Waals surface area contributed by atoms with Gasteiger partial charge in [-0.25, -0.2) is 0 Å². The Morgan fingerprint density at radius 3 is 2.26 bits per heavy atom. The fourth-order valence-electron chi connectivity index (χ4n) is 2.27. The molecule has 2 N–H and O–H groups in total. The molecule has 0 aliphatic heterocycles. The number of hydrogen-bond donors (Lipinski definition) is 1. The van der Waals surface area contributed by atoms with Crippen molar-refractivity contribution in [1.29, 1.82) is 0 Å². The first-order valence-corrected chi connectivity index (χ1v) is 6.64. The molecule has 1 atom stereocenters. The van der Waals surface area contributed by atoms with Crippen LogP contribution in [-0.4, -0.2) is 12.6 Å². The quantitative estimate of drug-likeness (QED) is 0.890. The first-order valence-electron chi connectivity index (χ1n) is 6.64. The summed E-state index contributed by atoms with van der Waals surface area (Å²) in [5.41, 5.74) is 9.98. The number of rotatable bonds is 5. The van der Waals surface area contributed by atoms with E-state index < -0.39 is 0 Å². The molecule has 0 radical (unpaired) electrons. The zero-order chi connectivity index (χ0) is 13.7. The standard InChI is InChI=1S/C17H21NO/c1-13-8-14(2)10-15(9-13)11-16(18)12-19-17-6-4-3-5-7-17/h3-10,16H,11-12,18H2,1-2H3. The Balaban J connectivity index is 1.89. The highest BCUT2D eigenvalue weighted by molar-refractivity contribution is 5.29. The van der Waals surface area contributed by atoms with Crippen molar-refractivity contribution in [3.63, 3.8) is 0 Å². The largest absolute Gasteiger partial charge is 0.492 e. The molecular weight excluding hydrogens is 234 g/mol. The lowest BCUT2D eigenvalue weighted by molar-refractivity contribution is 0.287. The van der Waals surface area contributed by atoms with Crippen molar-refractivity contribution in [3.8, 4) is 5.75 Å². The molecule has 2 rings (SSSR count). The SMILES string of the molecule is Cc1cc(C)cc(CC(N)COc2ccccc2)c1. The van der Waals surface area contributed by atoms with E-state index in [1.54, 1.807) is 0 Å². The Kier molecular flexibility index (Phi) is 4.58. The van der Waals surface area contributed by atoms with E-state index in [0.717, 1.165) is 12.2 Å². The van der Waals surface area contributed by atoms with Crippen molar-refractivity contribution < 1.29 is 4.74 Å². The van der Waals surface area contributed by atoms with Gasteiger partial charge >= 0.3 is 0 Å². The molecule has 2 aromatic carbocycles. The predicted octanol–water partition coefficient (Wildman–Crippen LogP) is 3.25. The zero-order valence-corrected chi connectivity index (χ0v) is 11.6. The van der Waals surface area contributed by atoms with Crippen LogP contribution < -0.4 is 10.5 Å². The number of para-hydroxylation sites is 1. The normalized spacial score (nSPS) is 12.2. The first-order chi connectivity index (χ1) is 9.13. The Bertz CT molecular complexity index is 502. The summed E-state index contributed by atoms with van der Waals surface area (Å²) in [7, 11) is 0. The van der Waals surface area contributed by atoms with Crippen LogP contribution in [0.1, 0.15) is 16.7 Å². The van der Waals surface area contributed by atoms with E-state index in [0.29, 0.717) is 6.61 Å². The summed E-state index contributed by atoms with van der Waals surface area (Å²) in [6.07, 6.45) is 0.843. The van der Waals surface area contributed by atoms with E-state index >= 15 is 0 Å². The second-order valence-corrected chi connectivity index (χ2v) is 5.08. The van der Waals surface area contributed by atoms with Crippen LogP contribution in [0, 0.1) is 13.8 Å². The second kappa shape index (κ2) is 6.39. The van der Waals surface area contributed by atoms with Crippen LogP contribution in [0.15, 0.2) is 48.5 Å². The Labute approximate surface area is 115 Å². The van der Waals surface area contributed by atoms with Crippen molar-refractivity contribution in [3.05, 3.63) is 65.2 Å². The van der Waals surface area contributed by atoms with Crippen LogP contribution in [0.2, 0.25) is 0 Å². The lowest BCUT2D eigenvalue weighted by Gasteiger charge is -2.14. The van der Waals surface area contributed by atoms with Crippen LogP contribution in [0.25, 0.3) is 0 Å². The minimum Gasteiger partial charge on any atom is -0.492 e. The average molecular weight is 255 g/mol. The Morgan fingerprint density at radius 1 is 1.00 bits per heavy atom. The molecule has 0 bridgehead atoms. The van der Waals surface area contributed by atoms with Gasteiger partial charge < -0.3 is 10.5 Å². The maximum Gasteiger partial charge on any atom is 0.119 e. The topological polar surface area (TPSA) is 35.2 Å². The van der Waals surface area contributed by atoms with Gasteiger partial charge in [-0.1, -0.05) is 47.5 Å². The molecule has 2 nitrogen and oxygen atoms in total. The third-order valence-electron chi connectivity index (χ3n) is 2.99. The van der Waals surface area contributed by atoms with E-state index in [1.807, 2.05) is 30.3 Å². The highest BCUT2D eigenvalue weighted by atomic mass is 16.5. The molecule has 100 valence electrons. The van der Waals surface area contributed by atoms with Crippen LogP contribution in [0.5, 0.6) is 5.75 Å². The van der Waals surface area contributed by atoms with Crippen LogP contribution in [0.4, 0.5) is 0 Å². The molecule has 0 spiro atoms. The van der Waals surface area contributed by atoms with Gasteiger partial charge in [0.25, 0.3) is 0 Å². The first kappa shape index (κ1) is 13.6. The summed E-state index contributed by atoms with van der Waals surface area (Å²) < 4.78 is 5.68. The lowest BCUT2D eigenvalue weighted by atomic mass is 10.0. The van der Waals surface area contributed by atoms with Gasteiger partial charge in [-0.2, -0.15) is 0 Å². The van der Waals surface area contributed by atoms with E-state index in [9.17, 15) is 0 Å². The number of ether oxygens (including phenoxy) is 1. The van der Waals surface area contributed by atoms with Crippen molar-refractivity contribution in [2.45, 2.75) is 26.3 Å². The molecule has 0 aliphatic rings. The van der Waals surface area contributed by atoms with Gasteiger partial charge in [0.1, 0.15) is 12.4 Å². The van der Waals surface area contributed by atoms with E-state index in [-0.39, 0.29) is 6.04 Å². The maximum atomic E-state index is 6.13. The van der Waals surface area contributed by atoms with E-state index in [1.165, 1.54) is 16.7 Å². The third-order valence-corrected chi connectivity index (χ3v) is 2.99. The van der Waals surface area contributed by atoms with Gasteiger partial charge in [0.05, 0.1) is 0 Å². The molecule has 0 aliphatic carbocycles. The van der Waals surface area contributed by atoms with Gasteiger partial charge in [0.15, 0.2) is 0 Å². The number of nitrogens with two attached hydrogens (primary N) is 1. The van der Waals surface area contributed by atoms with Gasteiger partial charge in [0.2, 0.25) is 0 Å². The van der Waals surface area contributed by atoms with Gasteiger partial charge in [0, 0.05) is 6.04 Å². The molecule has 2 heteroatoms. The van der Waals surface area contributed by atoms with Crippen molar-refractivity contribution >= 4 is 0 Å². The number of benzene rings is 2. The minimum absolute atomic E-state index is 0.0152. The Morgan fingerprint density at radius 2 is 1.63 bits per heavy atom. The highest BCUT2D eigenvalue weighted by Crippen LogP contribution is 2.12. The van der Waals surface area contributed by atoms with Gasteiger partial charge in [-0.3, -0.25) is 0 Å². The minimum atomic E-state index is 0.0152. The summed E-state index contributed by atoms with van der Waals surface area (Å²) in [5, 5.41) is 0. The molecule has 2 aromatic rings. The summed E-state index contributed by atoms with van der Waals surface area (Å²) in [6.45, 7) is 4.77. The lowest BCUT2D eigenvalue weighted by Crippen LogP contribution is -2.30. The zero-order valence-electron chi connectivity index (χ0n) is 11.6. The fourth-order valence-corrected chi connectivity index (χ4v) is 2.27. The van der Waals surface area contributed by atoms with Crippen molar-refractivity contribution in [1.82, 2.24) is 0 Å². The summed E-state index contributed by atoms with van der Waals surface area (Å²) in [6, 6.07) is 16.4. The molecule has 19 heavy (non-hydrogen) atoms. The highest BCUT2D eigenvalue weighted by Gasteiger charge is 2.06. The van der Waals surface area contributed by atoms with Crippen molar-refractivity contribution in [2.24, 2.45) is 5.73 Å². The third kappa shape index (κ3) is 4.42. The summed E-state index contributed by atoms with van der Waals surface area (Å²) in [5.74, 6) is 0.873. The van der Waals surface area contributed by atoms with Gasteiger partial charge in [-0.05, 0) is 38.0 Å². The van der Waals surface area contributed by atoms with E-state index in [4.69, 9.17) is 10.5 Å².